The Kier molecular flexibility index (Phi) is 4.62. The molecular formula is C19H21F3N2O. The number of alkyl halides is 2. The zero-order valence-corrected chi connectivity index (χ0v) is 14.5. The Morgan fingerprint density at radius 2 is 1.84 bits per heavy atom. The fraction of sp³-hybridized carbons (Fsp3) is 0.421. The topological polar surface area (TPSA) is 25.4 Å². The lowest BCUT2D eigenvalue weighted by molar-refractivity contribution is -0.0850. The van der Waals surface area contributed by atoms with Crippen LogP contribution in [0.25, 0.3) is 0 Å². The Balaban J connectivity index is 1.73. The van der Waals surface area contributed by atoms with Crippen LogP contribution in [-0.4, -0.2) is 24.0 Å². The number of ether oxygens (including phenoxy) is 1. The van der Waals surface area contributed by atoms with Crippen molar-refractivity contribution in [1.29, 1.82) is 0 Å². The van der Waals surface area contributed by atoms with Crippen molar-refractivity contribution < 1.29 is 17.9 Å². The van der Waals surface area contributed by atoms with E-state index >= 15 is 0 Å². The third-order valence-electron chi connectivity index (χ3n) is 4.52. The summed E-state index contributed by atoms with van der Waals surface area (Å²) in [6, 6.07) is 7.87. The first-order valence-corrected chi connectivity index (χ1v) is 8.29. The van der Waals surface area contributed by atoms with Crippen LogP contribution in [0.1, 0.15) is 38.2 Å². The van der Waals surface area contributed by atoms with Gasteiger partial charge >= 0.3 is 0 Å². The van der Waals surface area contributed by atoms with Crippen LogP contribution in [0.15, 0.2) is 36.5 Å². The zero-order valence-electron chi connectivity index (χ0n) is 14.5. The molecule has 0 atom stereocenters. The van der Waals surface area contributed by atoms with Crippen LogP contribution in [0.5, 0.6) is 11.5 Å². The van der Waals surface area contributed by atoms with E-state index in [9.17, 15) is 13.2 Å². The number of anilines is 1. The first kappa shape index (κ1) is 17.6. The molecule has 0 aliphatic heterocycles. The van der Waals surface area contributed by atoms with Crippen LogP contribution in [0, 0.1) is 5.82 Å². The van der Waals surface area contributed by atoms with Gasteiger partial charge in [-0.15, -0.1) is 0 Å². The largest absolute Gasteiger partial charge is 0.457 e. The van der Waals surface area contributed by atoms with Crippen LogP contribution in [-0.2, 0) is 0 Å². The number of rotatable bonds is 5. The molecule has 3 rings (SSSR count). The molecule has 1 aromatic heterocycles. The van der Waals surface area contributed by atoms with Crippen LogP contribution >= 0.6 is 0 Å². The average Bonchev–Trinajstić information content (AvgIpc) is 2.52. The van der Waals surface area contributed by atoms with E-state index in [1.54, 1.807) is 42.4 Å². The van der Waals surface area contributed by atoms with E-state index in [-0.39, 0.29) is 30.6 Å². The van der Waals surface area contributed by atoms with E-state index < -0.39 is 5.92 Å². The van der Waals surface area contributed by atoms with E-state index in [1.807, 2.05) is 13.8 Å². The van der Waals surface area contributed by atoms with Crippen molar-refractivity contribution in [2.75, 3.05) is 11.9 Å². The maximum atomic E-state index is 14.1. The summed E-state index contributed by atoms with van der Waals surface area (Å²) >= 11 is 0. The molecule has 0 radical (unpaired) electrons. The van der Waals surface area contributed by atoms with Gasteiger partial charge in [-0.25, -0.2) is 18.2 Å². The summed E-state index contributed by atoms with van der Waals surface area (Å²) in [4.78, 5) is 5.94. The van der Waals surface area contributed by atoms with Crippen LogP contribution in [0.2, 0.25) is 0 Å². The normalized spacial score (nSPS) is 16.6. The second-order valence-corrected chi connectivity index (χ2v) is 6.82. The summed E-state index contributed by atoms with van der Waals surface area (Å²) in [6.45, 7) is 3.85. The number of pyridine rings is 1. The molecule has 6 heteroatoms. The van der Waals surface area contributed by atoms with Crippen molar-refractivity contribution in [3.8, 4) is 11.5 Å². The van der Waals surface area contributed by atoms with Gasteiger partial charge in [0, 0.05) is 44.3 Å². The van der Waals surface area contributed by atoms with Gasteiger partial charge in [0.2, 0.25) is 0 Å². The maximum absolute atomic E-state index is 14.1. The van der Waals surface area contributed by atoms with Crippen molar-refractivity contribution in [3.05, 3.63) is 47.9 Å². The minimum absolute atomic E-state index is 0.0934. The standard InChI is InChI=1S/C19H21F3N2O/c1-12(2)16-5-4-14(8-17(16)20)25-15-6-7-23-18(9-15)24(3)13-10-19(21,22)11-13/h4-9,12-13H,10-11H2,1-3H3. The fourth-order valence-corrected chi connectivity index (χ4v) is 2.92. The molecule has 1 heterocycles. The Labute approximate surface area is 145 Å². The molecule has 134 valence electrons. The van der Waals surface area contributed by atoms with Crippen LogP contribution in [0.3, 0.4) is 0 Å². The van der Waals surface area contributed by atoms with Gasteiger partial charge in [-0.3, -0.25) is 0 Å². The van der Waals surface area contributed by atoms with Crippen molar-refractivity contribution in [1.82, 2.24) is 4.98 Å². The molecule has 0 spiro atoms. The van der Waals surface area contributed by atoms with Crippen molar-refractivity contribution in [3.63, 3.8) is 0 Å². The highest BCUT2D eigenvalue weighted by atomic mass is 19.3. The molecule has 3 nitrogen and oxygen atoms in total. The Morgan fingerprint density at radius 3 is 2.44 bits per heavy atom. The molecule has 0 N–H and O–H groups in total. The summed E-state index contributed by atoms with van der Waals surface area (Å²) in [5.41, 5.74) is 0.633. The Morgan fingerprint density at radius 1 is 1.16 bits per heavy atom. The molecule has 0 unspecified atom stereocenters. The van der Waals surface area contributed by atoms with Crippen LogP contribution < -0.4 is 9.64 Å². The van der Waals surface area contributed by atoms with E-state index in [1.165, 1.54) is 6.07 Å². The molecule has 2 aromatic rings. The van der Waals surface area contributed by atoms with Gasteiger partial charge in [-0.1, -0.05) is 19.9 Å². The monoisotopic (exact) mass is 350 g/mol. The van der Waals surface area contributed by atoms with Gasteiger partial charge in [0.15, 0.2) is 0 Å². The number of benzene rings is 1. The van der Waals surface area contributed by atoms with Gasteiger partial charge in [0.25, 0.3) is 5.92 Å². The summed E-state index contributed by atoms with van der Waals surface area (Å²) < 4.78 is 45.9. The predicted molar refractivity (Wildman–Crippen MR) is 91.2 cm³/mol. The van der Waals surface area contributed by atoms with Crippen molar-refractivity contribution in [2.45, 2.75) is 44.6 Å². The molecule has 1 aliphatic carbocycles. The van der Waals surface area contributed by atoms with Gasteiger partial charge in [0.1, 0.15) is 23.1 Å². The first-order chi connectivity index (χ1) is 11.7. The number of hydrogen-bond acceptors (Lipinski definition) is 3. The second-order valence-electron chi connectivity index (χ2n) is 6.82. The molecule has 1 fully saturated rings. The van der Waals surface area contributed by atoms with Gasteiger partial charge in [-0.2, -0.15) is 0 Å². The highest BCUT2D eigenvalue weighted by Crippen LogP contribution is 2.41. The quantitative estimate of drug-likeness (QED) is 0.725. The number of hydrogen-bond donors (Lipinski definition) is 0. The molecule has 0 saturated heterocycles. The lowest BCUT2D eigenvalue weighted by Gasteiger charge is -2.41. The Hall–Kier alpha value is -2.24. The van der Waals surface area contributed by atoms with E-state index in [4.69, 9.17) is 4.74 Å². The van der Waals surface area contributed by atoms with E-state index in [0.717, 1.165) is 0 Å². The lowest BCUT2D eigenvalue weighted by Crippen LogP contribution is -2.49. The summed E-state index contributed by atoms with van der Waals surface area (Å²) in [7, 11) is 1.74. The number of halogens is 3. The van der Waals surface area contributed by atoms with Gasteiger partial charge in [0.05, 0.1) is 0 Å². The fourth-order valence-electron chi connectivity index (χ4n) is 2.92. The van der Waals surface area contributed by atoms with Gasteiger partial charge in [-0.05, 0) is 23.6 Å². The van der Waals surface area contributed by atoms with Crippen molar-refractivity contribution in [2.24, 2.45) is 0 Å². The Bertz CT molecular complexity index is 756. The maximum Gasteiger partial charge on any atom is 0.252 e. The first-order valence-electron chi connectivity index (χ1n) is 8.29. The summed E-state index contributed by atoms with van der Waals surface area (Å²) in [6.07, 6.45) is 1.22. The van der Waals surface area contributed by atoms with E-state index in [0.29, 0.717) is 22.9 Å². The molecule has 0 bridgehead atoms. The lowest BCUT2D eigenvalue weighted by atomic mass is 9.87. The molecular weight excluding hydrogens is 329 g/mol. The summed E-state index contributed by atoms with van der Waals surface area (Å²) in [5, 5.41) is 0. The highest BCUT2D eigenvalue weighted by Gasteiger charge is 2.47. The number of aromatic nitrogens is 1. The molecule has 0 amide bonds. The summed E-state index contributed by atoms with van der Waals surface area (Å²) in [5.74, 6) is -1.37. The zero-order chi connectivity index (χ0) is 18.2. The van der Waals surface area contributed by atoms with Crippen molar-refractivity contribution >= 4 is 5.82 Å². The average molecular weight is 350 g/mol. The highest BCUT2D eigenvalue weighted by molar-refractivity contribution is 5.46. The predicted octanol–water partition coefficient (Wildman–Crippen LogP) is 5.37. The van der Waals surface area contributed by atoms with Crippen LogP contribution in [0.4, 0.5) is 19.0 Å². The minimum Gasteiger partial charge on any atom is -0.457 e. The third kappa shape index (κ3) is 3.89. The molecule has 1 aromatic carbocycles. The molecule has 1 aliphatic rings. The SMILES string of the molecule is CC(C)c1ccc(Oc2ccnc(N(C)C3CC(F)(F)C3)c2)cc1F. The minimum atomic E-state index is -2.58. The third-order valence-corrected chi connectivity index (χ3v) is 4.52. The second kappa shape index (κ2) is 6.58. The smallest absolute Gasteiger partial charge is 0.252 e. The van der Waals surface area contributed by atoms with Gasteiger partial charge < -0.3 is 9.64 Å². The van der Waals surface area contributed by atoms with E-state index in [2.05, 4.69) is 4.98 Å². The molecule has 25 heavy (non-hydrogen) atoms. The number of nitrogens with zero attached hydrogens (tertiary/aromatic N) is 2. The molecule has 1 saturated carbocycles.